The van der Waals surface area contributed by atoms with E-state index in [2.05, 4.69) is 66.1 Å². The van der Waals surface area contributed by atoms with E-state index in [1.54, 1.807) is 0 Å². The van der Waals surface area contributed by atoms with Crippen molar-refractivity contribution in [1.82, 2.24) is 4.98 Å². The van der Waals surface area contributed by atoms with Gasteiger partial charge in [0.15, 0.2) is 0 Å². The molecule has 1 heterocycles. The molecule has 0 fully saturated rings. The SMILES string of the molecule is CCCCCCCCCCCCCCC[C@H](CCCCCCCC)c1[nH]cc[n+]1CCCc1ccccc1. The lowest BCUT2D eigenvalue weighted by Crippen LogP contribution is -2.37. The van der Waals surface area contributed by atoms with Gasteiger partial charge in [0, 0.05) is 0 Å². The first-order chi connectivity index (χ1) is 18.8. The predicted octanol–water partition coefficient (Wildman–Crippen LogP) is 11.3. The number of unbranched alkanes of at least 4 members (excludes halogenated alkanes) is 17. The van der Waals surface area contributed by atoms with Gasteiger partial charge in [-0.05, 0) is 31.2 Å². The van der Waals surface area contributed by atoms with E-state index in [-0.39, 0.29) is 0 Å². The Labute approximate surface area is 237 Å². The molecule has 0 bridgehead atoms. The van der Waals surface area contributed by atoms with Crippen LogP contribution < -0.4 is 4.57 Å². The minimum absolute atomic E-state index is 0.695. The van der Waals surface area contributed by atoms with Gasteiger partial charge in [-0.2, -0.15) is 0 Å². The number of imidazole rings is 1. The zero-order valence-corrected chi connectivity index (χ0v) is 25.5. The molecule has 0 saturated carbocycles. The highest BCUT2D eigenvalue weighted by atomic mass is 15.1. The fraction of sp³-hybridized carbons (Fsp3) is 0.750. The number of H-pyrrole nitrogens is 1. The maximum atomic E-state index is 3.68. The minimum atomic E-state index is 0.695. The zero-order valence-electron chi connectivity index (χ0n) is 25.5. The molecule has 2 aromatic rings. The molecular formula is C36H63N2+. The van der Waals surface area contributed by atoms with E-state index in [1.807, 2.05) is 0 Å². The van der Waals surface area contributed by atoms with Crippen LogP contribution in [0.3, 0.4) is 0 Å². The molecule has 0 aliphatic rings. The zero-order chi connectivity index (χ0) is 26.9. The Kier molecular flexibility index (Phi) is 20.0. The number of aromatic amines is 1. The van der Waals surface area contributed by atoms with Crippen molar-refractivity contribution in [2.75, 3.05) is 0 Å². The first-order valence-electron chi connectivity index (χ1n) is 17.0. The van der Waals surface area contributed by atoms with E-state index < -0.39 is 0 Å². The van der Waals surface area contributed by atoms with E-state index >= 15 is 0 Å². The smallest absolute Gasteiger partial charge is 0.247 e. The molecule has 1 N–H and O–H groups in total. The third-order valence-corrected chi connectivity index (χ3v) is 8.45. The number of hydrogen-bond donors (Lipinski definition) is 1. The van der Waals surface area contributed by atoms with Gasteiger partial charge in [-0.3, -0.25) is 0 Å². The van der Waals surface area contributed by atoms with Crippen LogP contribution in [0.15, 0.2) is 42.7 Å². The lowest BCUT2D eigenvalue weighted by Gasteiger charge is -2.14. The molecule has 2 rings (SSSR count). The molecule has 0 unspecified atom stereocenters. The average molecular weight is 524 g/mol. The summed E-state index contributed by atoms with van der Waals surface area (Å²) in [4.78, 5) is 3.68. The molecule has 1 aromatic carbocycles. The number of hydrogen-bond acceptors (Lipinski definition) is 0. The van der Waals surface area contributed by atoms with Gasteiger partial charge in [-0.25, -0.2) is 9.55 Å². The summed E-state index contributed by atoms with van der Waals surface area (Å²) in [5.74, 6) is 2.19. The Balaban J connectivity index is 1.68. The summed E-state index contributed by atoms with van der Waals surface area (Å²) in [6, 6.07) is 11.0. The van der Waals surface area contributed by atoms with Crippen molar-refractivity contribution in [2.24, 2.45) is 0 Å². The van der Waals surface area contributed by atoms with Crippen molar-refractivity contribution >= 4 is 0 Å². The van der Waals surface area contributed by atoms with E-state index in [0.717, 1.165) is 6.54 Å². The van der Waals surface area contributed by atoms with Gasteiger partial charge in [-0.15, -0.1) is 0 Å². The quantitative estimate of drug-likeness (QED) is 0.0934. The second-order valence-electron chi connectivity index (χ2n) is 11.9. The number of nitrogens with one attached hydrogen (secondary N) is 1. The summed E-state index contributed by atoms with van der Waals surface area (Å²) < 4.78 is 2.53. The third kappa shape index (κ3) is 15.7. The van der Waals surface area contributed by atoms with Gasteiger partial charge >= 0.3 is 0 Å². The molecule has 1 atom stereocenters. The van der Waals surface area contributed by atoms with Crippen molar-refractivity contribution in [3.63, 3.8) is 0 Å². The molecule has 0 radical (unpaired) electrons. The normalized spacial score (nSPS) is 12.3. The van der Waals surface area contributed by atoms with Crippen molar-refractivity contribution < 1.29 is 4.57 Å². The largest absolute Gasteiger partial charge is 0.257 e. The topological polar surface area (TPSA) is 19.7 Å². The summed E-state index contributed by atoms with van der Waals surface area (Å²) >= 11 is 0. The van der Waals surface area contributed by atoms with Gasteiger partial charge in [0.1, 0.15) is 12.4 Å². The first-order valence-corrected chi connectivity index (χ1v) is 17.0. The number of aromatic nitrogens is 2. The molecule has 216 valence electrons. The summed E-state index contributed by atoms with van der Waals surface area (Å²) in [7, 11) is 0. The molecule has 0 amide bonds. The Bertz CT molecular complexity index is 750. The van der Waals surface area contributed by atoms with Crippen molar-refractivity contribution in [2.45, 2.75) is 174 Å². The van der Waals surface area contributed by atoms with Crippen LogP contribution in [0, 0.1) is 0 Å². The highest BCUT2D eigenvalue weighted by Gasteiger charge is 2.22. The number of rotatable bonds is 26. The lowest BCUT2D eigenvalue weighted by atomic mass is 9.93. The second-order valence-corrected chi connectivity index (χ2v) is 11.9. The maximum absolute atomic E-state index is 3.68. The van der Waals surface area contributed by atoms with Crippen LogP contribution >= 0.6 is 0 Å². The molecule has 0 saturated heterocycles. The molecule has 0 aliphatic heterocycles. The van der Waals surface area contributed by atoms with Gasteiger partial charge in [0.2, 0.25) is 0 Å². The van der Waals surface area contributed by atoms with E-state index in [4.69, 9.17) is 0 Å². The fourth-order valence-corrected chi connectivity index (χ4v) is 6.02. The van der Waals surface area contributed by atoms with Gasteiger partial charge in [-0.1, -0.05) is 166 Å². The lowest BCUT2D eigenvalue weighted by molar-refractivity contribution is -0.704. The van der Waals surface area contributed by atoms with E-state index in [0.29, 0.717) is 5.92 Å². The van der Waals surface area contributed by atoms with Crippen LogP contribution in [0.25, 0.3) is 0 Å². The standard InChI is InChI=1S/C36H62N2/c1-3-5-7-9-11-12-13-14-15-16-17-19-24-30-35(29-23-18-10-8-6-4-2)36-37-31-33-38(36)32-25-28-34-26-21-20-22-27-34/h20-22,26-27,31,33,35H,3-19,23-25,28-30,32H2,1-2H3/p+1/t35-/m0/s1. The van der Waals surface area contributed by atoms with Gasteiger partial charge in [0.25, 0.3) is 5.82 Å². The van der Waals surface area contributed by atoms with Crippen molar-refractivity contribution in [3.05, 3.63) is 54.1 Å². The van der Waals surface area contributed by atoms with Crippen molar-refractivity contribution in [1.29, 1.82) is 0 Å². The van der Waals surface area contributed by atoms with Crippen molar-refractivity contribution in [3.8, 4) is 0 Å². The second kappa shape index (κ2) is 23.3. The van der Waals surface area contributed by atoms with Crippen LogP contribution in [0.5, 0.6) is 0 Å². The monoisotopic (exact) mass is 523 g/mol. The third-order valence-electron chi connectivity index (χ3n) is 8.45. The summed E-state index contributed by atoms with van der Waals surface area (Å²) in [5.41, 5.74) is 1.46. The molecule has 38 heavy (non-hydrogen) atoms. The van der Waals surface area contributed by atoms with Gasteiger partial charge in [0.05, 0.1) is 12.5 Å². The van der Waals surface area contributed by atoms with Gasteiger partial charge < -0.3 is 0 Å². The molecular weight excluding hydrogens is 460 g/mol. The fourth-order valence-electron chi connectivity index (χ4n) is 6.02. The Hall–Kier alpha value is -1.57. The summed E-state index contributed by atoms with van der Waals surface area (Å²) in [6.45, 7) is 5.74. The van der Waals surface area contributed by atoms with E-state index in [9.17, 15) is 0 Å². The van der Waals surface area contributed by atoms with Crippen LogP contribution in [-0.2, 0) is 13.0 Å². The average Bonchev–Trinajstić information content (AvgIpc) is 3.41. The number of benzene rings is 1. The van der Waals surface area contributed by atoms with Crippen LogP contribution in [0.2, 0.25) is 0 Å². The highest BCUT2D eigenvalue weighted by Crippen LogP contribution is 2.26. The number of aryl methyl sites for hydroxylation is 2. The molecule has 0 spiro atoms. The maximum Gasteiger partial charge on any atom is 0.257 e. The molecule has 2 heteroatoms. The van der Waals surface area contributed by atoms with E-state index in [1.165, 1.54) is 159 Å². The van der Waals surface area contributed by atoms with Crippen LogP contribution in [-0.4, -0.2) is 4.98 Å². The predicted molar refractivity (Wildman–Crippen MR) is 167 cm³/mol. The minimum Gasteiger partial charge on any atom is -0.247 e. The van der Waals surface area contributed by atoms with Crippen LogP contribution in [0.1, 0.15) is 172 Å². The Morgan fingerprint density at radius 1 is 0.579 bits per heavy atom. The molecule has 2 nitrogen and oxygen atoms in total. The first kappa shape index (κ1) is 32.6. The molecule has 0 aliphatic carbocycles. The summed E-state index contributed by atoms with van der Waals surface area (Å²) in [6.07, 6.45) is 36.6. The van der Waals surface area contributed by atoms with Crippen LogP contribution in [0.4, 0.5) is 0 Å². The Morgan fingerprint density at radius 3 is 1.55 bits per heavy atom. The molecule has 1 aromatic heterocycles. The Morgan fingerprint density at radius 2 is 1.05 bits per heavy atom. The number of nitrogens with zero attached hydrogens (tertiary/aromatic N) is 1. The summed E-state index contributed by atoms with van der Waals surface area (Å²) in [5, 5.41) is 0. The highest BCUT2D eigenvalue weighted by molar-refractivity contribution is 5.14.